The Hall–Kier alpha value is -3.08. The van der Waals surface area contributed by atoms with Gasteiger partial charge in [0.1, 0.15) is 11.6 Å². The maximum absolute atomic E-state index is 5.69. The molecule has 3 aromatic rings. The van der Waals surface area contributed by atoms with Crippen molar-refractivity contribution in [1.29, 1.82) is 0 Å². The minimum atomic E-state index is 0.155. The number of ether oxygens (including phenoxy) is 1. The molecule has 0 saturated heterocycles. The molecule has 1 heterocycles. The summed E-state index contributed by atoms with van der Waals surface area (Å²) in [6.45, 7) is 7.03. The largest absolute Gasteiger partial charge is 0.491 e. The fourth-order valence-corrected chi connectivity index (χ4v) is 2.62. The third-order valence-electron chi connectivity index (χ3n) is 3.83. The molecule has 5 nitrogen and oxygen atoms in total. The second kappa shape index (κ2) is 9.03. The highest BCUT2D eigenvalue weighted by Crippen LogP contribution is 2.24. The smallest absolute Gasteiger partial charge is 0.229 e. The highest BCUT2D eigenvalue weighted by Gasteiger charge is 2.07. The summed E-state index contributed by atoms with van der Waals surface area (Å²) in [7, 11) is 0. The Morgan fingerprint density at radius 1 is 0.963 bits per heavy atom. The van der Waals surface area contributed by atoms with Crippen molar-refractivity contribution in [3.63, 3.8) is 0 Å². The molecule has 0 amide bonds. The van der Waals surface area contributed by atoms with Gasteiger partial charge in [-0.3, -0.25) is 0 Å². The highest BCUT2D eigenvalue weighted by atomic mass is 16.5. The van der Waals surface area contributed by atoms with E-state index in [0.29, 0.717) is 5.95 Å². The molecular formula is C22H26N4O. The van der Waals surface area contributed by atoms with E-state index in [4.69, 9.17) is 4.74 Å². The van der Waals surface area contributed by atoms with Gasteiger partial charge in [-0.1, -0.05) is 37.3 Å². The van der Waals surface area contributed by atoms with Crippen LogP contribution >= 0.6 is 0 Å². The van der Waals surface area contributed by atoms with Crippen LogP contribution in [0.5, 0.6) is 5.75 Å². The van der Waals surface area contributed by atoms with E-state index in [-0.39, 0.29) is 6.10 Å². The number of anilines is 3. The standard InChI is InChI=1S/C22H26N4O/c1-4-14-23-21-15-20(17-8-6-5-7-9-17)25-22(26-21)24-18-10-12-19(13-11-18)27-16(2)3/h5-13,15-16H,4,14H2,1-3H3,(H2,23,24,25,26). The topological polar surface area (TPSA) is 59.1 Å². The lowest BCUT2D eigenvalue weighted by Gasteiger charge is -2.12. The van der Waals surface area contributed by atoms with E-state index in [1.54, 1.807) is 0 Å². The lowest BCUT2D eigenvalue weighted by molar-refractivity contribution is 0.242. The van der Waals surface area contributed by atoms with E-state index in [2.05, 4.69) is 27.5 Å². The van der Waals surface area contributed by atoms with Crippen LogP contribution in [-0.4, -0.2) is 22.6 Å². The predicted octanol–water partition coefficient (Wildman–Crippen LogP) is 5.50. The highest BCUT2D eigenvalue weighted by molar-refractivity contribution is 5.66. The maximum atomic E-state index is 5.69. The van der Waals surface area contributed by atoms with Crippen molar-refractivity contribution in [2.45, 2.75) is 33.3 Å². The summed E-state index contributed by atoms with van der Waals surface area (Å²) in [5.74, 6) is 2.22. The summed E-state index contributed by atoms with van der Waals surface area (Å²) in [4.78, 5) is 9.28. The maximum Gasteiger partial charge on any atom is 0.229 e. The van der Waals surface area contributed by atoms with Crippen LogP contribution in [-0.2, 0) is 0 Å². The molecule has 0 fully saturated rings. The normalized spacial score (nSPS) is 10.7. The Balaban J connectivity index is 1.85. The Morgan fingerprint density at radius 3 is 2.37 bits per heavy atom. The number of hydrogen-bond acceptors (Lipinski definition) is 5. The van der Waals surface area contributed by atoms with Crippen molar-refractivity contribution in [3.8, 4) is 17.0 Å². The van der Waals surface area contributed by atoms with Crippen LogP contribution in [0.2, 0.25) is 0 Å². The zero-order valence-corrected chi connectivity index (χ0v) is 16.1. The zero-order chi connectivity index (χ0) is 19.1. The third kappa shape index (κ3) is 5.45. The van der Waals surface area contributed by atoms with Crippen LogP contribution in [0.15, 0.2) is 60.7 Å². The number of rotatable bonds is 8. The lowest BCUT2D eigenvalue weighted by Crippen LogP contribution is -2.06. The van der Waals surface area contributed by atoms with Gasteiger partial charge in [0.2, 0.25) is 5.95 Å². The van der Waals surface area contributed by atoms with Gasteiger partial charge in [-0.05, 0) is 44.5 Å². The fourth-order valence-electron chi connectivity index (χ4n) is 2.62. The van der Waals surface area contributed by atoms with Crippen LogP contribution in [0.3, 0.4) is 0 Å². The molecule has 0 bridgehead atoms. The van der Waals surface area contributed by atoms with Gasteiger partial charge in [-0.25, -0.2) is 4.98 Å². The van der Waals surface area contributed by atoms with Crippen molar-refractivity contribution in [2.24, 2.45) is 0 Å². The van der Waals surface area contributed by atoms with Crippen molar-refractivity contribution >= 4 is 17.5 Å². The molecule has 5 heteroatoms. The first-order valence-electron chi connectivity index (χ1n) is 9.36. The van der Waals surface area contributed by atoms with Crippen molar-refractivity contribution in [1.82, 2.24) is 9.97 Å². The van der Waals surface area contributed by atoms with Crippen LogP contribution in [0.1, 0.15) is 27.2 Å². The summed E-state index contributed by atoms with van der Waals surface area (Å²) in [5.41, 5.74) is 2.85. The van der Waals surface area contributed by atoms with Gasteiger partial charge < -0.3 is 15.4 Å². The fraction of sp³-hybridized carbons (Fsp3) is 0.273. The van der Waals surface area contributed by atoms with Gasteiger partial charge in [-0.15, -0.1) is 0 Å². The molecule has 0 atom stereocenters. The Kier molecular flexibility index (Phi) is 6.26. The van der Waals surface area contributed by atoms with Gasteiger partial charge in [0.05, 0.1) is 11.8 Å². The quantitative estimate of drug-likeness (QED) is 0.554. The van der Waals surface area contributed by atoms with E-state index in [0.717, 1.165) is 41.5 Å². The average molecular weight is 362 g/mol. The molecule has 2 N–H and O–H groups in total. The monoisotopic (exact) mass is 362 g/mol. The summed E-state index contributed by atoms with van der Waals surface area (Å²) in [6.07, 6.45) is 1.19. The molecule has 1 aromatic heterocycles. The SMILES string of the molecule is CCCNc1cc(-c2ccccc2)nc(Nc2ccc(OC(C)C)cc2)n1. The number of nitrogens with one attached hydrogen (secondary N) is 2. The number of hydrogen-bond donors (Lipinski definition) is 2. The zero-order valence-electron chi connectivity index (χ0n) is 16.1. The molecule has 0 spiro atoms. The van der Waals surface area contributed by atoms with E-state index < -0.39 is 0 Å². The number of nitrogens with zero attached hydrogens (tertiary/aromatic N) is 2. The molecular weight excluding hydrogens is 336 g/mol. The van der Waals surface area contributed by atoms with Gasteiger partial charge in [-0.2, -0.15) is 4.98 Å². The van der Waals surface area contributed by atoms with Crippen molar-refractivity contribution in [2.75, 3.05) is 17.2 Å². The minimum Gasteiger partial charge on any atom is -0.491 e. The molecule has 0 saturated carbocycles. The number of aromatic nitrogens is 2. The molecule has 0 aliphatic carbocycles. The summed E-state index contributed by atoms with van der Waals surface area (Å²) < 4.78 is 5.69. The van der Waals surface area contributed by atoms with Crippen LogP contribution < -0.4 is 15.4 Å². The molecule has 140 valence electrons. The van der Waals surface area contributed by atoms with Gasteiger partial charge in [0.25, 0.3) is 0 Å². The van der Waals surface area contributed by atoms with Crippen LogP contribution in [0.4, 0.5) is 17.5 Å². The van der Waals surface area contributed by atoms with E-state index >= 15 is 0 Å². The van der Waals surface area contributed by atoms with Crippen LogP contribution in [0.25, 0.3) is 11.3 Å². The van der Waals surface area contributed by atoms with Crippen molar-refractivity contribution in [3.05, 3.63) is 60.7 Å². The van der Waals surface area contributed by atoms with E-state index in [1.807, 2.05) is 74.5 Å². The summed E-state index contributed by atoms with van der Waals surface area (Å²) >= 11 is 0. The van der Waals surface area contributed by atoms with Crippen molar-refractivity contribution < 1.29 is 4.74 Å². The molecule has 0 unspecified atom stereocenters. The molecule has 27 heavy (non-hydrogen) atoms. The van der Waals surface area contributed by atoms with E-state index in [9.17, 15) is 0 Å². The third-order valence-corrected chi connectivity index (χ3v) is 3.83. The molecule has 2 aromatic carbocycles. The van der Waals surface area contributed by atoms with Gasteiger partial charge >= 0.3 is 0 Å². The first-order valence-corrected chi connectivity index (χ1v) is 9.36. The average Bonchev–Trinajstić information content (AvgIpc) is 2.68. The van der Waals surface area contributed by atoms with Gasteiger partial charge in [0.15, 0.2) is 0 Å². The number of benzene rings is 2. The lowest BCUT2D eigenvalue weighted by atomic mass is 10.1. The second-order valence-electron chi connectivity index (χ2n) is 6.57. The molecule has 0 aliphatic rings. The predicted molar refractivity (Wildman–Crippen MR) is 112 cm³/mol. The van der Waals surface area contributed by atoms with E-state index in [1.165, 1.54) is 0 Å². The summed E-state index contributed by atoms with van der Waals surface area (Å²) in [5, 5.41) is 6.64. The second-order valence-corrected chi connectivity index (χ2v) is 6.57. The molecule has 0 radical (unpaired) electrons. The first-order chi connectivity index (χ1) is 13.1. The van der Waals surface area contributed by atoms with Gasteiger partial charge in [0, 0.05) is 23.9 Å². The Labute approximate surface area is 160 Å². The molecule has 0 aliphatic heterocycles. The van der Waals surface area contributed by atoms with Crippen LogP contribution in [0, 0.1) is 0 Å². The first kappa shape index (κ1) is 18.7. The summed E-state index contributed by atoms with van der Waals surface area (Å²) in [6, 6.07) is 19.9. The minimum absolute atomic E-state index is 0.155. The Bertz CT molecular complexity index is 848. The molecule has 3 rings (SSSR count). The Morgan fingerprint density at radius 2 is 1.70 bits per heavy atom.